The van der Waals surface area contributed by atoms with Crippen molar-refractivity contribution >= 4 is 22.5 Å². The van der Waals surface area contributed by atoms with Gasteiger partial charge in [-0.3, -0.25) is 5.10 Å². The van der Waals surface area contributed by atoms with E-state index in [2.05, 4.69) is 50.3 Å². The van der Waals surface area contributed by atoms with Gasteiger partial charge in [0.05, 0.1) is 38.1 Å². The van der Waals surface area contributed by atoms with Crippen molar-refractivity contribution in [1.82, 2.24) is 15.2 Å². The summed E-state index contributed by atoms with van der Waals surface area (Å²) in [5.74, 6) is 2.03. The van der Waals surface area contributed by atoms with E-state index in [1.54, 1.807) is 0 Å². The van der Waals surface area contributed by atoms with Crippen LogP contribution in [0, 0.1) is 0 Å². The van der Waals surface area contributed by atoms with Gasteiger partial charge in [-0.15, -0.1) is 0 Å². The van der Waals surface area contributed by atoms with Crippen LogP contribution >= 0.6 is 0 Å². The fourth-order valence-electron chi connectivity index (χ4n) is 3.69. The Morgan fingerprint density at radius 1 is 0.778 bits per heavy atom. The molecule has 0 spiro atoms. The Kier molecular flexibility index (Phi) is 4.39. The zero-order valence-corrected chi connectivity index (χ0v) is 15.2. The second kappa shape index (κ2) is 7.17. The largest absolute Gasteiger partial charge is 0.378 e. The summed E-state index contributed by atoms with van der Waals surface area (Å²) in [5, 5.41) is 8.32. The minimum atomic E-state index is 0.749. The SMILES string of the molecule is c1cc2cn[nH]c2cc1-c1cc(N2CCOCC2)nc(N2CCOCC2)c1. The highest BCUT2D eigenvalue weighted by Crippen LogP contribution is 2.30. The third-order valence-electron chi connectivity index (χ3n) is 5.24. The number of H-pyrrole nitrogens is 1. The molecule has 140 valence electrons. The highest BCUT2D eigenvalue weighted by atomic mass is 16.5. The molecule has 0 atom stereocenters. The summed E-state index contributed by atoms with van der Waals surface area (Å²) in [7, 11) is 0. The Bertz CT molecular complexity index is 893. The van der Waals surface area contributed by atoms with Crippen molar-refractivity contribution in [2.75, 3.05) is 62.4 Å². The fraction of sp³-hybridized carbons (Fsp3) is 0.400. The van der Waals surface area contributed by atoms with Crippen molar-refractivity contribution in [2.45, 2.75) is 0 Å². The first-order chi connectivity index (χ1) is 13.4. The first kappa shape index (κ1) is 16.5. The summed E-state index contributed by atoms with van der Waals surface area (Å²) in [6, 6.07) is 10.8. The Hall–Kier alpha value is -2.64. The third kappa shape index (κ3) is 3.36. The molecule has 2 aliphatic rings. The van der Waals surface area contributed by atoms with Crippen LogP contribution in [0.1, 0.15) is 0 Å². The van der Waals surface area contributed by atoms with Crippen molar-refractivity contribution in [1.29, 1.82) is 0 Å². The lowest BCUT2D eigenvalue weighted by Gasteiger charge is -2.32. The molecule has 2 aliphatic heterocycles. The predicted molar refractivity (Wildman–Crippen MR) is 105 cm³/mol. The smallest absolute Gasteiger partial charge is 0.131 e. The van der Waals surface area contributed by atoms with Crippen molar-refractivity contribution in [3.8, 4) is 11.1 Å². The second-order valence-electron chi connectivity index (χ2n) is 6.94. The summed E-state index contributed by atoms with van der Waals surface area (Å²) in [4.78, 5) is 9.60. The number of benzene rings is 1. The molecule has 7 nitrogen and oxygen atoms in total. The van der Waals surface area contributed by atoms with Crippen LogP contribution in [0.4, 0.5) is 11.6 Å². The van der Waals surface area contributed by atoms with E-state index in [-0.39, 0.29) is 0 Å². The minimum absolute atomic E-state index is 0.749. The molecule has 2 fully saturated rings. The summed E-state index contributed by atoms with van der Waals surface area (Å²) >= 11 is 0. The van der Waals surface area contributed by atoms with Crippen LogP contribution < -0.4 is 9.80 Å². The molecule has 1 N–H and O–H groups in total. The highest BCUT2D eigenvalue weighted by molar-refractivity contribution is 5.84. The topological polar surface area (TPSA) is 66.5 Å². The third-order valence-corrected chi connectivity index (χ3v) is 5.24. The number of ether oxygens (including phenoxy) is 2. The van der Waals surface area contributed by atoms with E-state index in [0.717, 1.165) is 80.7 Å². The van der Waals surface area contributed by atoms with Gasteiger partial charge in [-0.25, -0.2) is 4.98 Å². The number of nitrogens with one attached hydrogen (secondary N) is 1. The Balaban J connectivity index is 1.57. The molecule has 0 bridgehead atoms. The van der Waals surface area contributed by atoms with Crippen molar-refractivity contribution < 1.29 is 9.47 Å². The molecule has 0 saturated carbocycles. The number of aromatic amines is 1. The van der Waals surface area contributed by atoms with Crippen LogP contribution in [0.15, 0.2) is 36.5 Å². The zero-order chi connectivity index (χ0) is 18.1. The maximum Gasteiger partial charge on any atom is 0.131 e. The number of aromatic nitrogens is 3. The van der Waals surface area contributed by atoms with Gasteiger partial charge in [0.1, 0.15) is 11.6 Å². The number of pyridine rings is 1. The average Bonchev–Trinajstić information content (AvgIpc) is 3.22. The lowest BCUT2D eigenvalue weighted by atomic mass is 10.0. The van der Waals surface area contributed by atoms with Crippen molar-refractivity contribution in [3.63, 3.8) is 0 Å². The van der Waals surface area contributed by atoms with E-state index in [0.29, 0.717) is 0 Å². The zero-order valence-electron chi connectivity index (χ0n) is 15.2. The summed E-state index contributed by atoms with van der Waals surface area (Å²) in [6.07, 6.45) is 1.85. The van der Waals surface area contributed by atoms with Gasteiger partial charge in [-0.1, -0.05) is 12.1 Å². The van der Waals surface area contributed by atoms with E-state index < -0.39 is 0 Å². The molecule has 0 amide bonds. The van der Waals surface area contributed by atoms with E-state index >= 15 is 0 Å². The average molecular weight is 365 g/mol. The first-order valence-corrected chi connectivity index (χ1v) is 9.48. The van der Waals surface area contributed by atoms with Gasteiger partial charge in [-0.2, -0.15) is 5.10 Å². The number of fused-ring (bicyclic) bond motifs is 1. The standard InChI is InChI=1S/C20H23N5O2/c1-2-16-14-21-23-18(16)11-15(1)17-12-19(24-3-7-26-8-4-24)22-20(13-17)25-5-9-27-10-6-25/h1-2,11-14H,3-10H2,(H,21,23). The van der Waals surface area contributed by atoms with Crippen LogP contribution in [0.2, 0.25) is 0 Å². The summed E-state index contributed by atoms with van der Waals surface area (Å²) < 4.78 is 11.0. The van der Waals surface area contributed by atoms with Crippen LogP contribution in [-0.2, 0) is 9.47 Å². The molecule has 27 heavy (non-hydrogen) atoms. The molecule has 2 saturated heterocycles. The molecule has 2 aromatic heterocycles. The lowest BCUT2D eigenvalue weighted by molar-refractivity contribution is 0.121. The highest BCUT2D eigenvalue weighted by Gasteiger charge is 2.19. The van der Waals surface area contributed by atoms with Crippen LogP contribution in [0.25, 0.3) is 22.0 Å². The molecule has 3 aromatic rings. The van der Waals surface area contributed by atoms with Gasteiger partial charge in [0.25, 0.3) is 0 Å². The molecule has 0 aliphatic carbocycles. The molecule has 0 unspecified atom stereocenters. The van der Waals surface area contributed by atoms with Gasteiger partial charge >= 0.3 is 0 Å². The second-order valence-corrected chi connectivity index (χ2v) is 6.94. The number of anilines is 2. The number of hydrogen-bond donors (Lipinski definition) is 1. The summed E-state index contributed by atoms with van der Waals surface area (Å²) in [5.41, 5.74) is 3.38. The normalized spacial score (nSPS) is 18.2. The quantitative estimate of drug-likeness (QED) is 0.768. The van der Waals surface area contributed by atoms with E-state index in [4.69, 9.17) is 14.5 Å². The maximum atomic E-state index is 5.51. The van der Waals surface area contributed by atoms with Crippen molar-refractivity contribution in [2.24, 2.45) is 0 Å². The first-order valence-electron chi connectivity index (χ1n) is 9.48. The van der Waals surface area contributed by atoms with Gasteiger partial charge in [-0.05, 0) is 29.3 Å². The predicted octanol–water partition coefficient (Wildman–Crippen LogP) is 2.30. The number of hydrogen-bond acceptors (Lipinski definition) is 6. The Morgan fingerprint density at radius 2 is 1.41 bits per heavy atom. The maximum absolute atomic E-state index is 5.51. The molecule has 1 aromatic carbocycles. The Labute approximate surface area is 157 Å². The molecule has 7 heteroatoms. The number of nitrogens with zero attached hydrogens (tertiary/aromatic N) is 4. The van der Waals surface area contributed by atoms with Crippen molar-refractivity contribution in [3.05, 3.63) is 36.5 Å². The number of rotatable bonds is 3. The molecule has 5 rings (SSSR count). The molecule has 4 heterocycles. The monoisotopic (exact) mass is 365 g/mol. The van der Waals surface area contributed by atoms with E-state index in [1.807, 2.05) is 6.20 Å². The molecular formula is C20H23N5O2. The molecule has 0 radical (unpaired) electrons. The molecular weight excluding hydrogens is 342 g/mol. The van der Waals surface area contributed by atoms with Crippen LogP contribution in [0.3, 0.4) is 0 Å². The number of morpholine rings is 2. The summed E-state index contributed by atoms with van der Waals surface area (Å²) in [6.45, 7) is 6.49. The Morgan fingerprint density at radius 3 is 2.04 bits per heavy atom. The van der Waals surface area contributed by atoms with Gasteiger partial charge in [0.15, 0.2) is 0 Å². The van der Waals surface area contributed by atoms with Gasteiger partial charge in [0, 0.05) is 31.6 Å². The fourth-order valence-corrected chi connectivity index (χ4v) is 3.69. The van der Waals surface area contributed by atoms with Gasteiger partial charge < -0.3 is 19.3 Å². The van der Waals surface area contributed by atoms with Crippen LogP contribution in [-0.4, -0.2) is 67.8 Å². The lowest BCUT2D eigenvalue weighted by Crippen LogP contribution is -2.39. The van der Waals surface area contributed by atoms with Crippen LogP contribution in [0.5, 0.6) is 0 Å². The van der Waals surface area contributed by atoms with Gasteiger partial charge in [0.2, 0.25) is 0 Å². The van der Waals surface area contributed by atoms with E-state index in [9.17, 15) is 0 Å². The van der Waals surface area contributed by atoms with E-state index in [1.165, 1.54) is 5.56 Å². The minimum Gasteiger partial charge on any atom is -0.378 e.